The maximum absolute atomic E-state index is 11.4. The van der Waals surface area contributed by atoms with E-state index < -0.39 is 0 Å². The van der Waals surface area contributed by atoms with Gasteiger partial charge in [0.1, 0.15) is 5.75 Å². The number of ether oxygens (including phenoxy) is 1. The number of aryl methyl sites for hydroxylation is 1. The smallest absolute Gasteiger partial charge is 0.152 e. The number of hydrogen-bond acceptors (Lipinski definition) is 4. The molecule has 2 aromatic rings. The Hall–Kier alpha value is -1.85. The number of rotatable bonds is 5. The van der Waals surface area contributed by atoms with Gasteiger partial charge in [-0.25, -0.2) is 0 Å². The van der Waals surface area contributed by atoms with Crippen molar-refractivity contribution >= 4 is 17.2 Å². The quantitative estimate of drug-likeness (QED) is 0.860. The van der Waals surface area contributed by atoms with Gasteiger partial charge in [0, 0.05) is 48.3 Å². The van der Waals surface area contributed by atoms with E-state index in [-0.39, 0.29) is 5.75 Å². The van der Waals surface area contributed by atoms with Crippen molar-refractivity contribution in [2.75, 3.05) is 32.8 Å². The molecule has 0 bridgehead atoms. The minimum Gasteiger partial charge on any atom is -0.508 e. The lowest BCUT2D eigenvalue weighted by atomic mass is 10.1. The second-order valence-electron chi connectivity index (χ2n) is 5.78. The molecule has 118 valence electrons. The van der Waals surface area contributed by atoms with Crippen molar-refractivity contribution in [3.63, 3.8) is 0 Å². The molecule has 5 nitrogen and oxygen atoms in total. The van der Waals surface area contributed by atoms with Gasteiger partial charge in [-0.1, -0.05) is 0 Å². The first-order chi connectivity index (χ1) is 10.7. The third-order valence-electron chi connectivity index (χ3n) is 4.43. The molecule has 1 aliphatic heterocycles. The summed E-state index contributed by atoms with van der Waals surface area (Å²) < 4.78 is 7.54. The number of benzene rings is 1. The van der Waals surface area contributed by atoms with Crippen LogP contribution < -0.4 is 0 Å². The van der Waals surface area contributed by atoms with Crippen LogP contribution in [0.15, 0.2) is 18.2 Å². The maximum Gasteiger partial charge on any atom is 0.152 e. The van der Waals surface area contributed by atoms with Gasteiger partial charge in [0.15, 0.2) is 6.29 Å². The molecule has 1 fully saturated rings. The molecule has 2 heterocycles. The summed E-state index contributed by atoms with van der Waals surface area (Å²) in [5, 5.41) is 10.5. The Morgan fingerprint density at radius 2 is 2.05 bits per heavy atom. The topological polar surface area (TPSA) is 54.7 Å². The molecule has 3 rings (SSSR count). The van der Waals surface area contributed by atoms with Gasteiger partial charge in [0.05, 0.1) is 13.2 Å². The van der Waals surface area contributed by atoms with Crippen LogP contribution >= 0.6 is 0 Å². The van der Waals surface area contributed by atoms with Crippen molar-refractivity contribution in [2.45, 2.75) is 19.9 Å². The van der Waals surface area contributed by atoms with Crippen molar-refractivity contribution < 1.29 is 14.6 Å². The fourth-order valence-corrected chi connectivity index (χ4v) is 3.21. The first kappa shape index (κ1) is 15.1. The second kappa shape index (κ2) is 6.50. The first-order valence-electron chi connectivity index (χ1n) is 7.78. The second-order valence-corrected chi connectivity index (χ2v) is 5.78. The highest BCUT2D eigenvalue weighted by molar-refractivity contribution is 5.99. The molecule has 0 spiro atoms. The zero-order valence-corrected chi connectivity index (χ0v) is 12.9. The molecule has 1 aliphatic rings. The number of aromatic hydroxyl groups is 1. The molecule has 1 aromatic heterocycles. The predicted octanol–water partition coefficient (Wildman–Crippen LogP) is 2.19. The summed E-state index contributed by atoms with van der Waals surface area (Å²) in [5.41, 5.74) is 2.66. The molecule has 0 atom stereocenters. The van der Waals surface area contributed by atoms with Gasteiger partial charge in [0.2, 0.25) is 0 Å². The molecular weight excluding hydrogens is 280 g/mol. The molecule has 0 aliphatic carbocycles. The lowest BCUT2D eigenvalue weighted by Crippen LogP contribution is -2.37. The Bertz CT molecular complexity index is 672. The molecule has 1 aromatic carbocycles. The van der Waals surface area contributed by atoms with Gasteiger partial charge in [0.25, 0.3) is 0 Å². The van der Waals surface area contributed by atoms with E-state index in [9.17, 15) is 9.90 Å². The average Bonchev–Trinajstić information content (AvgIpc) is 2.79. The van der Waals surface area contributed by atoms with E-state index in [1.807, 2.05) is 13.0 Å². The highest BCUT2D eigenvalue weighted by Gasteiger charge is 2.15. The highest BCUT2D eigenvalue weighted by Crippen LogP contribution is 2.28. The Morgan fingerprint density at radius 1 is 1.27 bits per heavy atom. The molecule has 1 N–H and O–H groups in total. The Labute approximate surface area is 130 Å². The summed E-state index contributed by atoms with van der Waals surface area (Å²) in [4.78, 5) is 13.8. The minimum atomic E-state index is 0.195. The van der Waals surface area contributed by atoms with Crippen LogP contribution in [-0.2, 0) is 11.3 Å². The summed E-state index contributed by atoms with van der Waals surface area (Å²) in [6, 6.07) is 5.23. The van der Waals surface area contributed by atoms with Crippen molar-refractivity contribution in [3.8, 4) is 5.75 Å². The van der Waals surface area contributed by atoms with Crippen molar-refractivity contribution in [2.24, 2.45) is 0 Å². The number of aromatic nitrogens is 1. The van der Waals surface area contributed by atoms with E-state index in [1.54, 1.807) is 12.1 Å². The average molecular weight is 302 g/mol. The first-order valence-corrected chi connectivity index (χ1v) is 7.78. The normalized spacial score (nSPS) is 16.2. The number of phenols is 1. The lowest BCUT2D eigenvalue weighted by Gasteiger charge is -2.26. The van der Waals surface area contributed by atoms with Crippen LogP contribution in [-0.4, -0.2) is 53.7 Å². The fourth-order valence-electron chi connectivity index (χ4n) is 3.21. The minimum absolute atomic E-state index is 0.195. The van der Waals surface area contributed by atoms with Crippen molar-refractivity contribution in [1.82, 2.24) is 9.47 Å². The maximum atomic E-state index is 11.4. The Kier molecular flexibility index (Phi) is 4.45. The van der Waals surface area contributed by atoms with Crippen LogP contribution in [0.25, 0.3) is 10.9 Å². The van der Waals surface area contributed by atoms with Gasteiger partial charge in [-0.2, -0.15) is 0 Å². The standard InChI is InChI=1S/C17H22N2O3/c1-13-16(12-20)15-11-14(21)3-4-17(15)19(13)6-2-5-18-7-9-22-10-8-18/h3-4,11-12,21H,2,5-10H2,1H3. The molecule has 1 saturated heterocycles. The molecular formula is C17H22N2O3. The number of phenolic OH excluding ortho intramolecular Hbond substituents is 1. The van der Waals surface area contributed by atoms with E-state index in [2.05, 4.69) is 9.47 Å². The number of carbonyl (C=O) groups excluding carboxylic acids is 1. The summed E-state index contributed by atoms with van der Waals surface area (Å²) in [6.45, 7) is 7.52. The van der Waals surface area contributed by atoms with Gasteiger partial charge in [-0.05, 0) is 31.5 Å². The van der Waals surface area contributed by atoms with Crippen LogP contribution in [0.3, 0.4) is 0 Å². The fraction of sp³-hybridized carbons (Fsp3) is 0.471. The van der Waals surface area contributed by atoms with Crippen molar-refractivity contribution in [1.29, 1.82) is 0 Å². The van der Waals surface area contributed by atoms with Crippen LogP contribution in [0.4, 0.5) is 0 Å². The number of carbonyl (C=O) groups is 1. The predicted molar refractivity (Wildman–Crippen MR) is 85.6 cm³/mol. The van der Waals surface area contributed by atoms with Crippen molar-refractivity contribution in [3.05, 3.63) is 29.5 Å². The lowest BCUT2D eigenvalue weighted by molar-refractivity contribution is 0.0369. The molecule has 0 saturated carbocycles. The number of nitrogens with zero attached hydrogens (tertiary/aromatic N) is 2. The molecule has 22 heavy (non-hydrogen) atoms. The largest absolute Gasteiger partial charge is 0.508 e. The van der Waals surface area contributed by atoms with Crippen LogP contribution in [0.1, 0.15) is 22.5 Å². The van der Waals surface area contributed by atoms with Gasteiger partial charge in [-0.15, -0.1) is 0 Å². The van der Waals surface area contributed by atoms with E-state index in [4.69, 9.17) is 4.74 Å². The zero-order valence-electron chi connectivity index (χ0n) is 12.9. The number of morpholine rings is 1. The van der Waals surface area contributed by atoms with Gasteiger partial charge < -0.3 is 14.4 Å². The third kappa shape index (κ3) is 2.87. The summed E-state index contributed by atoms with van der Waals surface area (Å²) in [6.07, 6.45) is 1.92. The van der Waals surface area contributed by atoms with E-state index in [0.29, 0.717) is 5.56 Å². The van der Waals surface area contributed by atoms with Crippen LogP contribution in [0.2, 0.25) is 0 Å². The molecule has 5 heteroatoms. The number of fused-ring (bicyclic) bond motifs is 1. The summed E-state index contributed by atoms with van der Waals surface area (Å²) in [7, 11) is 0. The van der Waals surface area contributed by atoms with Gasteiger partial charge >= 0.3 is 0 Å². The van der Waals surface area contributed by atoms with E-state index >= 15 is 0 Å². The number of hydrogen-bond donors (Lipinski definition) is 1. The number of aldehydes is 1. The summed E-state index contributed by atoms with van der Waals surface area (Å²) in [5.74, 6) is 0.195. The molecule has 0 radical (unpaired) electrons. The third-order valence-corrected chi connectivity index (χ3v) is 4.43. The molecule has 0 unspecified atom stereocenters. The van der Waals surface area contributed by atoms with Crippen LogP contribution in [0.5, 0.6) is 5.75 Å². The van der Waals surface area contributed by atoms with Gasteiger partial charge in [-0.3, -0.25) is 9.69 Å². The SMILES string of the molecule is Cc1c(C=O)c2cc(O)ccc2n1CCCN1CCOCC1. The Morgan fingerprint density at radius 3 is 2.77 bits per heavy atom. The zero-order chi connectivity index (χ0) is 15.5. The molecule has 0 amide bonds. The Balaban J connectivity index is 1.78. The van der Waals surface area contributed by atoms with Crippen LogP contribution in [0, 0.1) is 6.92 Å². The monoisotopic (exact) mass is 302 g/mol. The highest BCUT2D eigenvalue weighted by atomic mass is 16.5. The van der Waals surface area contributed by atoms with E-state index in [0.717, 1.165) is 68.7 Å². The van der Waals surface area contributed by atoms with E-state index in [1.165, 1.54) is 0 Å². The summed E-state index contributed by atoms with van der Waals surface area (Å²) >= 11 is 0.